The second-order valence-corrected chi connectivity index (χ2v) is 4.46. The summed E-state index contributed by atoms with van der Waals surface area (Å²) < 4.78 is 0. The SMILES string of the molecule is C=Cc1cc(-c2ccc(C)cc2N)ccc1/N=C\C. The number of aliphatic imine (C=N–C) groups is 1. The first-order chi connectivity index (χ1) is 9.15. The molecular weight excluding hydrogens is 232 g/mol. The summed E-state index contributed by atoms with van der Waals surface area (Å²) in [4.78, 5) is 4.32. The van der Waals surface area contributed by atoms with Gasteiger partial charge >= 0.3 is 0 Å². The maximum absolute atomic E-state index is 6.09. The third kappa shape index (κ3) is 2.74. The van der Waals surface area contributed by atoms with Gasteiger partial charge in [0.15, 0.2) is 0 Å². The predicted octanol–water partition coefficient (Wildman–Crippen LogP) is 4.61. The van der Waals surface area contributed by atoms with Crippen LogP contribution in [0.25, 0.3) is 17.2 Å². The zero-order valence-electron chi connectivity index (χ0n) is 11.4. The molecule has 0 bridgehead atoms. The van der Waals surface area contributed by atoms with Gasteiger partial charge in [0.2, 0.25) is 0 Å². The van der Waals surface area contributed by atoms with Gasteiger partial charge in [-0.05, 0) is 43.2 Å². The van der Waals surface area contributed by atoms with E-state index in [0.717, 1.165) is 33.6 Å². The molecule has 0 atom stereocenters. The van der Waals surface area contributed by atoms with Crippen molar-refractivity contribution >= 4 is 23.7 Å². The largest absolute Gasteiger partial charge is 0.398 e. The molecule has 0 aliphatic rings. The molecule has 0 fully saturated rings. The van der Waals surface area contributed by atoms with Gasteiger partial charge < -0.3 is 5.73 Å². The van der Waals surface area contributed by atoms with Crippen LogP contribution in [0, 0.1) is 6.92 Å². The molecule has 0 heterocycles. The van der Waals surface area contributed by atoms with E-state index in [1.165, 1.54) is 0 Å². The first-order valence-electron chi connectivity index (χ1n) is 6.27. The summed E-state index contributed by atoms with van der Waals surface area (Å²) in [7, 11) is 0. The second kappa shape index (κ2) is 5.53. The second-order valence-electron chi connectivity index (χ2n) is 4.46. The highest BCUT2D eigenvalue weighted by atomic mass is 14.7. The van der Waals surface area contributed by atoms with Crippen LogP contribution in [0.4, 0.5) is 11.4 Å². The summed E-state index contributed by atoms with van der Waals surface area (Å²) in [5, 5.41) is 0. The smallest absolute Gasteiger partial charge is 0.0698 e. The fraction of sp³-hybridized carbons (Fsp3) is 0.118. The number of rotatable bonds is 3. The first-order valence-corrected chi connectivity index (χ1v) is 6.27. The number of nitrogens with two attached hydrogens (primary N) is 1. The van der Waals surface area contributed by atoms with E-state index in [-0.39, 0.29) is 0 Å². The highest BCUT2D eigenvalue weighted by Gasteiger charge is 2.05. The van der Waals surface area contributed by atoms with Crippen LogP contribution in [0.15, 0.2) is 48.0 Å². The van der Waals surface area contributed by atoms with E-state index in [0.29, 0.717) is 0 Å². The average molecular weight is 250 g/mol. The van der Waals surface area contributed by atoms with Crippen molar-refractivity contribution in [1.29, 1.82) is 0 Å². The van der Waals surface area contributed by atoms with Gasteiger partial charge in [-0.1, -0.05) is 30.9 Å². The molecule has 2 aromatic rings. The van der Waals surface area contributed by atoms with E-state index < -0.39 is 0 Å². The molecule has 0 unspecified atom stereocenters. The number of hydrogen-bond acceptors (Lipinski definition) is 2. The lowest BCUT2D eigenvalue weighted by Gasteiger charge is -2.09. The van der Waals surface area contributed by atoms with E-state index in [2.05, 4.69) is 29.8 Å². The average Bonchev–Trinajstić information content (AvgIpc) is 2.40. The van der Waals surface area contributed by atoms with E-state index in [4.69, 9.17) is 5.73 Å². The maximum atomic E-state index is 6.09. The number of aryl methyl sites for hydroxylation is 1. The van der Waals surface area contributed by atoms with E-state index >= 15 is 0 Å². The van der Waals surface area contributed by atoms with Gasteiger partial charge in [0.25, 0.3) is 0 Å². The summed E-state index contributed by atoms with van der Waals surface area (Å²) in [6.07, 6.45) is 3.60. The molecule has 2 heteroatoms. The zero-order valence-corrected chi connectivity index (χ0v) is 11.4. The molecule has 0 saturated carbocycles. The minimum atomic E-state index is 0.793. The van der Waals surface area contributed by atoms with E-state index in [1.807, 2.05) is 38.1 Å². The quantitative estimate of drug-likeness (QED) is 0.627. The Morgan fingerprint density at radius 3 is 2.58 bits per heavy atom. The lowest BCUT2D eigenvalue weighted by atomic mass is 9.99. The van der Waals surface area contributed by atoms with Crippen LogP contribution in [0.2, 0.25) is 0 Å². The van der Waals surface area contributed by atoms with E-state index in [1.54, 1.807) is 6.21 Å². The fourth-order valence-corrected chi connectivity index (χ4v) is 2.09. The Balaban J connectivity index is 2.54. The predicted molar refractivity (Wildman–Crippen MR) is 84.9 cm³/mol. The van der Waals surface area contributed by atoms with Gasteiger partial charge in [-0.25, -0.2) is 0 Å². The molecule has 0 aliphatic heterocycles. The molecule has 0 aliphatic carbocycles. The lowest BCUT2D eigenvalue weighted by Crippen LogP contribution is -1.91. The monoisotopic (exact) mass is 250 g/mol. The molecule has 2 nitrogen and oxygen atoms in total. The van der Waals surface area contributed by atoms with Crippen LogP contribution in [-0.4, -0.2) is 6.21 Å². The van der Waals surface area contributed by atoms with Crippen LogP contribution in [0.3, 0.4) is 0 Å². The molecule has 2 aromatic carbocycles. The van der Waals surface area contributed by atoms with Crippen molar-refractivity contribution < 1.29 is 0 Å². The highest BCUT2D eigenvalue weighted by Crippen LogP contribution is 2.31. The molecule has 0 spiro atoms. The summed E-state index contributed by atoms with van der Waals surface area (Å²) >= 11 is 0. The number of anilines is 1. The number of nitrogens with zero attached hydrogens (tertiary/aromatic N) is 1. The Labute approximate surface area is 114 Å². The Morgan fingerprint density at radius 2 is 1.95 bits per heavy atom. The fourth-order valence-electron chi connectivity index (χ4n) is 2.09. The Kier molecular flexibility index (Phi) is 3.81. The molecule has 2 N–H and O–H groups in total. The van der Waals surface area contributed by atoms with Gasteiger partial charge in [0, 0.05) is 23.0 Å². The van der Waals surface area contributed by atoms with Crippen molar-refractivity contribution in [3.8, 4) is 11.1 Å². The minimum absolute atomic E-state index is 0.793. The minimum Gasteiger partial charge on any atom is -0.398 e. The zero-order chi connectivity index (χ0) is 13.8. The van der Waals surface area contributed by atoms with E-state index in [9.17, 15) is 0 Å². The van der Waals surface area contributed by atoms with Crippen LogP contribution in [0.5, 0.6) is 0 Å². The third-order valence-electron chi connectivity index (χ3n) is 3.03. The molecule has 19 heavy (non-hydrogen) atoms. The molecule has 0 aromatic heterocycles. The standard InChI is InChI=1S/C17H18N2/c1-4-13-11-14(7-9-17(13)19-5-2)15-8-6-12(3)10-16(15)18/h4-11H,1,18H2,2-3H3/b19-5-. The summed E-state index contributed by atoms with van der Waals surface area (Å²) in [5.41, 5.74) is 12.1. The van der Waals surface area contributed by atoms with Crippen LogP contribution in [-0.2, 0) is 0 Å². The van der Waals surface area contributed by atoms with Crippen molar-refractivity contribution in [3.63, 3.8) is 0 Å². The van der Waals surface area contributed by atoms with Crippen molar-refractivity contribution in [2.24, 2.45) is 4.99 Å². The van der Waals surface area contributed by atoms with Gasteiger partial charge in [-0.15, -0.1) is 0 Å². The van der Waals surface area contributed by atoms with Crippen molar-refractivity contribution in [2.75, 3.05) is 5.73 Å². The molecular formula is C17H18N2. The van der Waals surface area contributed by atoms with Crippen LogP contribution < -0.4 is 5.73 Å². The number of hydrogen-bond donors (Lipinski definition) is 1. The Morgan fingerprint density at radius 1 is 1.16 bits per heavy atom. The molecule has 0 radical (unpaired) electrons. The number of nitrogen functional groups attached to an aromatic ring is 1. The Bertz CT molecular complexity index is 640. The van der Waals surface area contributed by atoms with Crippen molar-refractivity contribution in [2.45, 2.75) is 13.8 Å². The van der Waals surface area contributed by atoms with Gasteiger partial charge in [-0.3, -0.25) is 4.99 Å². The third-order valence-corrected chi connectivity index (χ3v) is 3.03. The van der Waals surface area contributed by atoms with Gasteiger partial charge in [0.05, 0.1) is 5.69 Å². The summed E-state index contributed by atoms with van der Waals surface area (Å²) in [6.45, 7) is 7.78. The first kappa shape index (κ1) is 13.1. The van der Waals surface area contributed by atoms with Crippen molar-refractivity contribution in [1.82, 2.24) is 0 Å². The molecule has 0 saturated heterocycles. The van der Waals surface area contributed by atoms with Crippen molar-refractivity contribution in [3.05, 3.63) is 54.1 Å². The maximum Gasteiger partial charge on any atom is 0.0698 e. The van der Waals surface area contributed by atoms with Gasteiger partial charge in [-0.2, -0.15) is 0 Å². The van der Waals surface area contributed by atoms with Crippen LogP contribution >= 0.6 is 0 Å². The molecule has 0 amide bonds. The molecule has 96 valence electrons. The summed E-state index contributed by atoms with van der Waals surface area (Å²) in [6, 6.07) is 12.2. The highest BCUT2D eigenvalue weighted by molar-refractivity contribution is 5.81. The topological polar surface area (TPSA) is 38.4 Å². The lowest BCUT2D eigenvalue weighted by molar-refractivity contribution is 1.46. The van der Waals surface area contributed by atoms with Crippen LogP contribution in [0.1, 0.15) is 18.1 Å². The number of benzene rings is 2. The molecule has 2 rings (SSSR count). The summed E-state index contributed by atoms with van der Waals surface area (Å²) in [5.74, 6) is 0. The Hall–Kier alpha value is -2.35. The normalized spacial score (nSPS) is 10.8. The van der Waals surface area contributed by atoms with Gasteiger partial charge in [0.1, 0.15) is 0 Å².